The fourth-order valence-electron chi connectivity index (χ4n) is 1.30. The van der Waals surface area contributed by atoms with Gasteiger partial charge in [-0.1, -0.05) is 11.3 Å². The van der Waals surface area contributed by atoms with E-state index in [-0.39, 0.29) is 0 Å². The number of anilines is 1. The SMILES string of the molecule is NNc1nc2ccc3nsnc3c2s1. The monoisotopic (exact) mass is 223 g/mol. The molecule has 0 unspecified atom stereocenters. The van der Waals surface area contributed by atoms with Crippen molar-refractivity contribution in [2.75, 3.05) is 5.43 Å². The summed E-state index contributed by atoms with van der Waals surface area (Å²) in [6.07, 6.45) is 0. The molecule has 0 aliphatic carbocycles. The van der Waals surface area contributed by atoms with Crippen LogP contribution in [0.15, 0.2) is 12.1 Å². The van der Waals surface area contributed by atoms with Crippen LogP contribution in [0.4, 0.5) is 5.13 Å². The smallest absolute Gasteiger partial charge is 0.198 e. The van der Waals surface area contributed by atoms with Crippen LogP contribution < -0.4 is 11.3 Å². The summed E-state index contributed by atoms with van der Waals surface area (Å²) in [7, 11) is 0. The van der Waals surface area contributed by atoms with Crippen LogP contribution in [-0.4, -0.2) is 13.7 Å². The van der Waals surface area contributed by atoms with Crippen LogP contribution in [0.5, 0.6) is 0 Å². The summed E-state index contributed by atoms with van der Waals surface area (Å²) in [6.45, 7) is 0. The summed E-state index contributed by atoms with van der Waals surface area (Å²) in [4.78, 5) is 4.28. The van der Waals surface area contributed by atoms with Gasteiger partial charge in [-0.15, -0.1) is 0 Å². The van der Waals surface area contributed by atoms with Gasteiger partial charge >= 0.3 is 0 Å². The van der Waals surface area contributed by atoms with Gasteiger partial charge in [0.25, 0.3) is 0 Å². The van der Waals surface area contributed by atoms with E-state index in [1.165, 1.54) is 23.1 Å². The Morgan fingerprint density at radius 2 is 2.07 bits per heavy atom. The third kappa shape index (κ3) is 0.999. The van der Waals surface area contributed by atoms with E-state index in [2.05, 4.69) is 19.2 Å². The predicted molar refractivity (Wildman–Crippen MR) is 58.4 cm³/mol. The van der Waals surface area contributed by atoms with E-state index >= 15 is 0 Å². The molecule has 0 aliphatic rings. The average Bonchev–Trinajstić information content (AvgIpc) is 2.82. The van der Waals surface area contributed by atoms with E-state index < -0.39 is 0 Å². The summed E-state index contributed by atoms with van der Waals surface area (Å²) in [5.41, 5.74) is 5.26. The summed E-state index contributed by atoms with van der Waals surface area (Å²) in [5.74, 6) is 5.30. The quantitative estimate of drug-likeness (QED) is 0.484. The first-order valence-corrected chi connectivity index (χ1v) is 5.41. The van der Waals surface area contributed by atoms with Gasteiger partial charge < -0.3 is 0 Å². The van der Waals surface area contributed by atoms with Crippen molar-refractivity contribution in [2.45, 2.75) is 0 Å². The normalized spacial score (nSPS) is 11.2. The molecule has 7 heteroatoms. The number of fused-ring (bicyclic) bond motifs is 3. The molecule has 70 valence electrons. The molecular formula is C7H5N5S2. The number of thiazole rings is 1. The molecule has 0 radical (unpaired) electrons. The highest BCUT2D eigenvalue weighted by Gasteiger charge is 2.08. The van der Waals surface area contributed by atoms with Crippen molar-refractivity contribution in [1.29, 1.82) is 0 Å². The maximum absolute atomic E-state index is 5.30. The van der Waals surface area contributed by atoms with Gasteiger partial charge in [-0.25, -0.2) is 10.8 Å². The van der Waals surface area contributed by atoms with Crippen molar-refractivity contribution in [3.05, 3.63) is 12.1 Å². The van der Waals surface area contributed by atoms with Crippen LogP contribution in [-0.2, 0) is 0 Å². The number of hydrazine groups is 1. The number of rotatable bonds is 1. The van der Waals surface area contributed by atoms with Gasteiger partial charge in [0.2, 0.25) is 0 Å². The Hall–Kier alpha value is -1.31. The lowest BCUT2D eigenvalue weighted by Crippen LogP contribution is -2.05. The lowest BCUT2D eigenvalue weighted by Gasteiger charge is -1.85. The molecule has 0 saturated heterocycles. The molecule has 1 aromatic carbocycles. The molecule has 0 saturated carbocycles. The molecule has 0 atom stereocenters. The highest BCUT2D eigenvalue weighted by atomic mass is 32.1. The van der Waals surface area contributed by atoms with Crippen molar-refractivity contribution in [1.82, 2.24) is 13.7 Å². The van der Waals surface area contributed by atoms with Crippen molar-refractivity contribution in [2.24, 2.45) is 5.84 Å². The molecule has 3 rings (SSSR count). The molecule has 3 aromatic rings. The highest BCUT2D eigenvalue weighted by Crippen LogP contribution is 2.30. The zero-order valence-electron chi connectivity index (χ0n) is 6.89. The molecule has 0 bridgehead atoms. The van der Waals surface area contributed by atoms with E-state index in [1.807, 2.05) is 12.1 Å². The second kappa shape index (κ2) is 2.84. The Balaban J connectivity index is 2.49. The first-order valence-electron chi connectivity index (χ1n) is 3.87. The molecular weight excluding hydrogens is 218 g/mol. The Labute approximate surface area is 86.9 Å². The fraction of sp³-hybridized carbons (Fsp3) is 0. The third-order valence-electron chi connectivity index (χ3n) is 1.90. The van der Waals surface area contributed by atoms with Gasteiger partial charge in [-0.3, -0.25) is 5.43 Å². The lowest BCUT2D eigenvalue weighted by atomic mass is 10.3. The summed E-state index contributed by atoms with van der Waals surface area (Å²) in [5, 5.41) is 0.695. The Bertz CT molecular complexity index is 598. The van der Waals surface area contributed by atoms with E-state index in [0.717, 1.165) is 21.3 Å². The van der Waals surface area contributed by atoms with Crippen molar-refractivity contribution in [3.63, 3.8) is 0 Å². The van der Waals surface area contributed by atoms with Crippen LogP contribution >= 0.6 is 23.1 Å². The van der Waals surface area contributed by atoms with Crippen molar-refractivity contribution >= 4 is 49.4 Å². The van der Waals surface area contributed by atoms with Gasteiger partial charge in [0.15, 0.2) is 5.13 Å². The fourth-order valence-corrected chi connectivity index (χ4v) is 2.76. The zero-order chi connectivity index (χ0) is 9.54. The van der Waals surface area contributed by atoms with E-state index in [9.17, 15) is 0 Å². The van der Waals surface area contributed by atoms with Crippen molar-refractivity contribution in [3.8, 4) is 0 Å². The molecule has 0 amide bonds. The first kappa shape index (κ1) is 8.04. The molecule has 2 aromatic heterocycles. The minimum absolute atomic E-state index is 0.695. The van der Waals surface area contributed by atoms with E-state index in [0.29, 0.717) is 5.13 Å². The Kier molecular flexibility index (Phi) is 1.63. The van der Waals surface area contributed by atoms with E-state index in [4.69, 9.17) is 5.84 Å². The number of benzene rings is 1. The lowest BCUT2D eigenvalue weighted by molar-refractivity contribution is 1.31. The number of aromatic nitrogens is 3. The second-order valence-electron chi connectivity index (χ2n) is 2.71. The molecule has 0 aliphatic heterocycles. The zero-order valence-corrected chi connectivity index (χ0v) is 8.52. The number of nitrogen functional groups attached to an aromatic ring is 1. The Morgan fingerprint density at radius 1 is 1.21 bits per heavy atom. The third-order valence-corrected chi connectivity index (χ3v) is 3.46. The van der Waals surface area contributed by atoms with E-state index in [1.54, 1.807) is 0 Å². The number of nitrogens with one attached hydrogen (secondary N) is 1. The first-order chi connectivity index (χ1) is 6.88. The topological polar surface area (TPSA) is 76.7 Å². The standard InChI is InChI=1S/C7H5N5S2/c8-10-7-9-4-2-1-3-5(6(4)13-7)12-14-11-3/h1-2H,8H2,(H,9,10). The highest BCUT2D eigenvalue weighted by molar-refractivity contribution is 7.23. The van der Waals surface area contributed by atoms with Crippen LogP contribution in [0.1, 0.15) is 0 Å². The summed E-state index contributed by atoms with van der Waals surface area (Å²) < 4.78 is 9.42. The molecule has 0 spiro atoms. The molecule has 5 nitrogen and oxygen atoms in total. The van der Waals surface area contributed by atoms with Gasteiger partial charge in [-0.05, 0) is 12.1 Å². The maximum Gasteiger partial charge on any atom is 0.198 e. The number of hydrogen-bond acceptors (Lipinski definition) is 7. The predicted octanol–water partition coefficient (Wildman–Crippen LogP) is 1.59. The van der Waals surface area contributed by atoms with Gasteiger partial charge in [0, 0.05) is 0 Å². The van der Waals surface area contributed by atoms with Gasteiger partial charge in [0.05, 0.1) is 21.9 Å². The minimum atomic E-state index is 0.695. The number of hydrogen-bond donors (Lipinski definition) is 2. The largest absolute Gasteiger partial charge is 0.300 e. The van der Waals surface area contributed by atoms with Gasteiger partial charge in [-0.2, -0.15) is 8.75 Å². The Morgan fingerprint density at radius 3 is 2.93 bits per heavy atom. The second-order valence-corrected chi connectivity index (χ2v) is 4.24. The van der Waals surface area contributed by atoms with Gasteiger partial charge in [0.1, 0.15) is 11.0 Å². The van der Waals surface area contributed by atoms with Crippen LogP contribution in [0.25, 0.3) is 21.3 Å². The molecule has 2 heterocycles. The maximum atomic E-state index is 5.30. The number of nitrogens with two attached hydrogens (primary N) is 1. The summed E-state index contributed by atoms with van der Waals surface area (Å²) >= 11 is 2.70. The molecule has 14 heavy (non-hydrogen) atoms. The summed E-state index contributed by atoms with van der Waals surface area (Å²) in [6, 6.07) is 3.84. The van der Waals surface area contributed by atoms with Crippen LogP contribution in [0.3, 0.4) is 0 Å². The molecule has 0 fully saturated rings. The van der Waals surface area contributed by atoms with Crippen molar-refractivity contribution < 1.29 is 0 Å². The average molecular weight is 223 g/mol. The minimum Gasteiger partial charge on any atom is -0.300 e. The van der Waals surface area contributed by atoms with Crippen LogP contribution in [0.2, 0.25) is 0 Å². The number of nitrogens with zero attached hydrogens (tertiary/aromatic N) is 3. The van der Waals surface area contributed by atoms with Crippen LogP contribution in [0, 0.1) is 0 Å². The molecule has 3 N–H and O–H groups in total.